The number of nitrogens with zero attached hydrogens (tertiary/aromatic N) is 1. The summed E-state index contributed by atoms with van der Waals surface area (Å²) in [5.74, 6) is -0.799. The minimum atomic E-state index is -1.03. The van der Waals surface area contributed by atoms with Crippen molar-refractivity contribution in [3.8, 4) is 5.75 Å². The molecule has 0 aromatic heterocycles. The first kappa shape index (κ1) is 15.3. The number of phenols is 1. The van der Waals surface area contributed by atoms with Crippen LogP contribution in [0, 0.1) is 5.92 Å². The highest BCUT2D eigenvalue weighted by Gasteiger charge is 2.30. The molecule has 1 aliphatic carbocycles. The molecule has 21 heavy (non-hydrogen) atoms. The van der Waals surface area contributed by atoms with Gasteiger partial charge in [0.15, 0.2) is 0 Å². The molecule has 1 aliphatic rings. The predicted octanol–water partition coefficient (Wildman–Crippen LogP) is 0.585. The van der Waals surface area contributed by atoms with E-state index in [2.05, 4.69) is 0 Å². The number of carbonyl (C=O) groups is 2. The van der Waals surface area contributed by atoms with Crippen LogP contribution in [0.15, 0.2) is 24.3 Å². The first-order valence-electron chi connectivity index (χ1n) is 6.99. The average molecular weight is 292 g/mol. The first-order valence-corrected chi connectivity index (χ1v) is 6.99. The van der Waals surface area contributed by atoms with Gasteiger partial charge in [-0.2, -0.15) is 0 Å². The molecule has 1 fully saturated rings. The second kappa shape index (κ2) is 6.58. The summed E-state index contributed by atoms with van der Waals surface area (Å²) in [6.45, 7) is 0.160. The number of aromatic hydroxyl groups is 1. The van der Waals surface area contributed by atoms with Gasteiger partial charge in [0.25, 0.3) is 0 Å². The molecule has 4 N–H and O–H groups in total. The normalized spacial score (nSPS) is 15.5. The van der Waals surface area contributed by atoms with Crippen LogP contribution >= 0.6 is 0 Å². The SMILES string of the molecule is N[C@@H](Cc1ccc(O)cc1)C(=O)N(CC(=O)O)CC1CC1. The van der Waals surface area contributed by atoms with Crippen LogP contribution in [-0.2, 0) is 16.0 Å². The van der Waals surface area contributed by atoms with Crippen LogP contribution in [0.25, 0.3) is 0 Å². The van der Waals surface area contributed by atoms with Gasteiger partial charge in [-0.15, -0.1) is 0 Å². The molecule has 0 spiro atoms. The van der Waals surface area contributed by atoms with Gasteiger partial charge in [0.1, 0.15) is 12.3 Å². The van der Waals surface area contributed by atoms with Crippen molar-refractivity contribution in [2.24, 2.45) is 11.7 Å². The summed E-state index contributed by atoms with van der Waals surface area (Å²) < 4.78 is 0. The number of nitrogens with two attached hydrogens (primary N) is 1. The second-order valence-corrected chi connectivity index (χ2v) is 5.53. The van der Waals surface area contributed by atoms with Crippen LogP contribution < -0.4 is 5.73 Å². The summed E-state index contributed by atoms with van der Waals surface area (Å²) in [5.41, 5.74) is 6.74. The molecule has 0 unspecified atom stereocenters. The quantitative estimate of drug-likeness (QED) is 0.682. The molecule has 6 heteroatoms. The summed E-state index contributed by atoms with van der Waals surface area (Å²) in [6.07, 6.45) is 2.40. The zero-order valence-electron chi connectivity index (χ0n) is 11.7. The number of rotatable bonds is 7. The smallest absolute Gasteiger partial charge is 0.323 e. The van der Waals surface area contributed by atoms with Crippen molar-refractivity contribution in [2.75, 3.05) is 13.1 Å². The number of carboxylic acids is 1. The van der Waals surface area contributed by atoms with E-state index in [0.717, 1.165) is 18.4 Å². The largest absolute Gasteiger partial charge is 0.508 e. The third kappa shape index (κ3) is 4.75. The fraction of sp³-hybridized carbons (Fsp3) is 0.467. The molecule has 1 amide bonds. The molecule has 1 aromatic carbocycles. The number of amides is 1. The number of hydrogen-bond donors (Lipinski definition) is 3. The van der Waals surface area contributed by atoms with Crippen molar-refractivity contribution < 1.29 is 19.8 Å². The summed E-state index contributed by atoms with van der Waals surface area (Å²) in [6, 6.07) is 5.69. The van der Waals surface area contributed by atoms with Gasteiger partial charge in [0.2, 0.25) is 5.91 Å². The fourth-order valence-corrected chi connectivity index (χ4v) is 2.22. The summed E-state index contributed by atoms with van der Waals surface area (Å²) in [7, 11) is 0. The number of carboxylic acid groups (broad SMARTS) is 1. The lowest BCUT2D eigenvalue weighted by atomic mass is 10.1. The van der Waals surface area contributed by atoms with Crippen molar-refractivity contribution in [1.82, 2.24) is 4.90 Å². The maximum absolute atomic E-state index is 12.3. The summed E-state index contributed by atoms with van der Waals surface area (Å²) in [4.78, 5) is 24.5. The molecule has 6 nitrogen and oxygen atoms in total. The second-order valence-electron chi connectivity index (χ2n) is 5.53. The molecule has 1 aromatic rings. The monoisotopic (exact) mass is 292 g/mol. The fourth-order valence-electron chi connectivity index (χ4n) is 2.22. The molecule has 114 valence electrons. The number of phenolic OH excluding ortho intramolecular Hbond substituents is 1. The number of carbonyl (C=O) groups excluding carboxylic acids is 1. The average Bonchev–Trinajstić information content (AvgIpc) is 3.23. The van der Waals surface area contributed by atoms with Crippen molar-refractivity contribution in [3.05, 3.63) is 29.8 Å². The Kier molecular flexibility index (Phi) is 4.80. The summed E-state index contributed by atoms with van der Waals surface area (Å²) >= 11 is 0. The standard InChI is InChI=1S/C15H20N2O4/c16-13(7-10-3-5-12(18)6-4-10)15(21)17(9-14(19)20)8-11-1-2-11/h3-6,11,13,18H,1-2,7-9,16H2,(H,19,20)/t13-/m0/s1. The Bertz CT molecular complexity index is 511. The Morgan fingerprint density at radius 1 is 1.29 bits per heavy atom. The van der Waals surface area contributed by atoms with Crippen LogP contribution in [0.4, 0.5) is 0 Å². The third-order valence-electron chi connectivity index (χ3n) is 3.52. The minimum Gasteiger partial charge on any atom is -0.508 e. The molecule has 0 heterocycles. The van der Waals surface area contributed by atoms with Gasteiger partial charge in [-0.05, 0) is 42.9 Å². The molecule has 0 aliphatic heterocycles. The number of aliphatic carboxylic acids is 1. The van der Waals surface area contributed by atoms with Gasteiger partial charge in [0, 0.05) is 6.54 Å². The first-order chi connectivity index (χ1) is 9.95. The van der Waals surface area contributed by atoms with E-state index in [1.165, 1.54) is 17.0 Å². The van der Waals surface area contributed by atoms with Crippen LogP contribution in [0.1, 0.15) is 18.4 Å². The van der Waals surface area contributed by atoms with Crippen molar-refractivity contribution in [1.29, 1.82) is 0 Å². The lowest BCUT2D eigenvalue weighted by molar-refractivity contribution is -0.145. The van der Waals surface area contributed by atoms with Gasteiger partial charge >= 0.3 is 5.97 Å². The van der Waals surface area contributed by atoms with Gasteiger partial charge in [0.05, 0.1) is 6.04 Å². The topological polar surface area (TPSA) is 104 Å². The van der Waals surface area contributed by atoms with E-state index in [4.69, 9.17) is 10.8 Å². The van der Waals surface area contributed by atoms with Crippen LogP contribution in [0.2, 0.25) is 0 Å². The zero-order chi connectivity index (χ0) is 15.4. The van der Waals surface area contributed by atoms with E-state index in [1.807, 2.05) is 0 Å². The lowest BCUT2D eigenvalue weighted by Gasteiger charge is -2.24. The highest BCUT2D eigenvalue weighted by Crippen LogP contribution is 2.29. The van der Waals surface area contributed by atoms with Crippen LogP contribution in [0.5, 0.6) is 5.75 Å². The van der Waals surface area contributed by atoms with E-state index < -0.39 is 12.0 Å². The third-order valence-corrected chi connectivity index (χ3v) is 3.52. The Morgan fingerprint density at radius 3 is 2.43 bits per heavy atom. The van der Waals surface area contributed by atoms with Crippen LogP contribution in [0.3, 0.4) is 0 Å². The maximum atomic E-state index is 12.3. The van der Waals surface area contributed by atoms with E-state index >= 15 is 0 Å². The number of benzene rings is 1. The van der Waals surface area contributed by atoms with Gasteiger partial charge in [-0.25, -0.2) is 0 Å². The van der Waals surface area contributed by atoms with E-state index in [-0.39, 0.29) is 18.2 Å². The Hall–Kier alpha value is -2.08. The molecule has 1 saturated carbocycles. The minimum absolute atomic E-state index is 0.153. The summed E-state index contributed by atoms with van der Waals surface area (Å²) in [5, 5.41) is 18.1. The van der Waals surface area contributed by atoms with Gasteiger partial charge in [-0.3, -0.25) is 9.59 Å². The maximum Gasteiger partial charge on any atom is 0.323 e. The highest BCUT2D eigenvalue weighted by atomic mass is 16.4. The van der Waals surface area contributed by atoms with Crippen LogP contribution in [-0.4, -0.2) is 46.1 Å². The van der Waals surface area contributed by atoms with Crippen molar-refractivity contribution >= 4 is 11.9 Å². The Morgan fingerprint density at radius 2 is 1.90 bits per heavy atom. The van der Waals surface area contributed by atoms with Crippen molar-refractivity contribution in [2.45, 2.75) is 25.3 Å². The van der Waals surface area contributed by atoms with Gasteiger partial charge in [-0.1, -0.05) is 12.1 Å². The molecular weight excluding hydrogens is 272 g/mol. The zero-order valence-corrected chi connectivity index (χ0v) is 11.7. The lowest BCUT2D eigenvalue weighted by Crippen LogP contribution is -2.47. The van der Waals surface area contributed by atoms with Crippen molar-refractivity contribution in [3.63, 3.8) is 0 Å². The molecule has 0 bridgehead atoms. The van der Waals surface area contributed by atoms with E-state index in [0.29, 0.717) is 18.9 Å². The molecule has 2 rings (SSSR count). The molecule has 0 saturated heterocycles. The molecular formula is C15H20N2O4. The molecule has 0 radical (unpaired) electrons. The van der Waals surface area contributed by atoms with E-state index in [1.54, 1.807) is 12.1 Å². The number of hydrogen-bond acceptors (Lipinski definition) is 4. The Balaban J connectivity index is 1.97. The predicted molar refractivity (Wildman–Crippen MR) is 76.7 cm³/mol. The van der Waals surface area contributed by atoms with Gasteiger partial charge < -0.3 is 20.8 Å². The van der Waals surface area contributed by atoms with E-state index in [9.17, 15) is 14.7 Å². The highest BCUT2D eigenvalue weighted by molar-refractivity contribution is 5.85. The Labute approximate surface area is 123 Å². The molecule has 1 atom stereocenters.